The molecule has 0 saturated heterocycles. The quantitative estimate of drug-likeness (QED) is 0.454. The number of carbonyl (C=O) groups excluding carboxylic acids is 2. The predicted octanol–water partition coefficient (Wildman–Crippen LogP) is 2.11. The molecule has 1 unspecified atom stereocenters. The van der Waals surface area contributed by atoms with E-state index in [-0.39, 0.29) is 5.56 Å². The number of benzene rings is 2. The molecular weight excluding hydrogens is 365 g/mol. The summed E-state index contributed by atoms with van der Waals surface area (Å²) in [6.07, 6.45) is -3.37. The van der Waals surface area contributed by atoms with Gasteiger partial charge < -0.3 is 10.4 Å². The van der Waals surface area contributed by atoms with E-state index in [4.69, 9.17) is 5.21 Å². The lowest BCUT2D eigenvalue weighted by Gasteiger charge is -2.30. The molecule has 4 N–H and O–H groups in total. The second-order valence-electron chi connectivity index (χ2n) is 5.97. The monoisotopic (exact) mass is 382 g/mol. The second-order valence-corrected chi connectivity index (χ2v) is 5.97. The van der Waals surface area contributed by atoms with Crippen molar-refractivity contribution in [2.24, 2.45) is 0 Å². The van der Waals surface area contributed by atoms with Gasteiger partial charge in [0.15, 0.2) is 5.60 Å². The molecule has 0 aromatic heterocycles. The van der Waals surface area contributed by atoms with Crippen molar-refractivity contribution < 1.29 is 33.1 Å². The number of carbonyl (C=O) groups is 2. The third-order valence-electron chi connectivity index (χ3n) is 4.01. The summed E-state index contributed by atoms with van der Waals surface area (Å²) in [7, 11) is 0. The van der Waals surface area contributed by atoms with Gasteiger partial charge in [-0.25, -0.2) is 18.7 Å². The Morgan fingerprint density at radius 2 is 1.67 bits per heavy atom. The summed E-state index contributed by atoms with van der Waals surface area (Å²) in [5.74, 6) is -2.80. The minimum atomic E-state index is -3.37. The van der Waals surface area contributed by atoms with Crippen LogP contribution in [0.25, 0.3) is 11.1 Å². The van der Waals surface area contributed by atoms with Crippen molar-refractivity contribution in [3.8, 4) is 11.1 Å². The Labute approximate surface area is 152 Å². The molecule has 2 rings (SSSR count). The first-order chi connectivity index (χ1) is 12.7. The molecule has 0 heterocycles. The average Bonchev–Trinajstić information content (AvgIpc) is 2.65. The summed E-state index contributed by atoms with van der Waals surface area (Å²) < 4.78 is 39.8. The van der Waals surface area contributed by atoms with Crippen LogP contribution in [0.1, 0.15) is 17.3 Å². The van der Waals surface area contributed by atoms with Crippen molar-refractivity contribution in [1.29, 1.82) is 0 Å². The van der Waals surface area contributed by atoms with E-state index >= 15 is 0 Å². The van der Waals surface area contributed by atoms with Gasteiger partial charge in [0.2, 0.25) is 0 Å². The lowest BCUT2D eigenvalue weighted by molar-refractivity contribution is -0.149. The number of hydrogen-bond donors (Lipinski definition) is 4. The van der Waals surface area contributed by atoms with Crippen LogP contribution >= 0.6 is 0 Å². The molecule has 2 aromatic rings. The minimum absolute atomic E-state index is 0.0177. The number of hydroxylamine groups is 1. The van der Waals surface area contributed by atoms with E-state index in [0.717, 1.165) is 5.48 Å². The molecular formula is C18H17F3N2O4. The minimum Gasteiger partial charge on any atom is -0.381 e. The van der Waals surface area contributed by atoms with Gasteiger partial charge in [0.25, 0.3) is 18.2 Å². The molecule has 0 bridgehead atoms. The van der Waals surface area contributed by atoms with E-state index in [0.29, 0.717) is 18.1 Å². The molecule has 144 valence electrons. The summed E-state index contributed by atoms with van der Waals surface area (Å²) >= 11 is 0. The normalized spacial score (nSPS) is 14.3. The Bertz CT molecular complexity index is 826. The van der Waals surface area contributed by atoms with Crippen LogP contribution in [0.2, 0.25) is 0 Å². The number of aliphatic hydroxyl groups is 1. The van der Waals surface area contributed by atoms with E-state index in [1.807, 2.05) is 5.32 Å². The van der Waals surface area contributed by atoms with Gasteiger partial charge in [-0.15, -0.1) is 0 Å². The summed E-state index contributed by atoms with van der Waals surface area (Å²) in [5, 5.41) is 20.4. The number of nitrogens with one attached hydrogen (secondary N) is 2. The van der Waals surface area contributed by atoms with Crippen molar-refractivity contribution >= 4 is 11.8 Å². The highest BCUT2D eigenvalue weighted by Crippen LogP contribution is 2.23. The zero-order chi connectivity index (χ0) is 20.2. The molecule has 0 aliphatic rings. The predicted molar refractivity (Wildman–Crippen MR) is 89.6 cm³/mol. The fourth-order valence-electron chi connectivity index (χ4n) is 2.38. The van der Waals surface area contributed by atoms with Crippen LogP contribution in [0.3, 0.4) is 0 Å². The van der Waals surface area contributed by atoms with Gasteiger partial charge >= 0.3 is 0 Å². The fraction of sp³-hybridized carbons (Fsp3) is 0.222. The first-order valence-corrected chi connectivity index (χ1v) is 7.78. The molecule has 2 atom stereocenters. The first-order valence-electron chi connectivity index (χ1n) is 7.78. The van der Waals surface area contributed by atoms with E-state index in [9.17, 15) is 27.9 Å². The Morgan fingerprint density at radius 1 is 1.07 bits per heavy atom. The van der Waals surface area contributed by atoms with Crippen LogP contribution in [0.15, 0.2) is 48.5 Å². The fourth-order valence-corrected chi connectivity index (χ4v) is 2.38. The smallest absolute Gasteiger partial charge is 0.269 e. The lowest BCUT2D eigenvalue weighted by Crippen LogP contribution is -2.61. The van der Waals surface area contributed by atoms with E-state index in [1.165, 1.54) is 36.4 Å². The molecule has 6 nitrogen and oxygen atoms in total. The van der Waals surface area contributed by atoms with Gasteiger partial charge in [-0.1, -0.05) is 30.3 Å². The summed E-state index contributed by atoms with van der Waals surface area (Å²) in [6, 6.07) is 9.39. The standard InChI is InChI=1S/C18H17F3N2O4/c1-18(26,17(20)21)14(16(25)23-27)22-15(24)11-8-6-10(7-9-11)12-4-2-3-5-13(12)19/h2-9,14,17,26-27H,1H3,(H,22,24)(H,23,25)/t14-,18?/m1/s1. The molecule has 0 saturated carbocycles. The van der Waals surface area contributed by atoms with Gasteiger partial charge in [0, 0.05) is 11.1 Å². The van der Waals surface area contributed by atoms with Crippen molar-refractivity contribution in [3.63, 3.8) is 0 Å². The number of amides is 2. The molecule has 0 radical (unpaired) electrons. The van der Waals surface area contributed by atoms with E-state index < -0.39 is 35.7 Å². The first kappa shape index (κ1) is 20.4. The summed E-state index contributed by atoms with van der Waals surface area (Å²) in [6.45, 7) is 0.652. The molecule has 2 aromatic carbocycles. The van der Waals surface area contributed by atoms with Crippen molar-refractivity contribution in [1.82, 2.24) is 10.8 Å². The third kappa shape index (κ3) is 4.44. The number of hydrogen-bond acceptors (Lipinski definition) is 4. The summed E-state index contributed by atoms with van der Waals surface area (Å²) in [5.41, 5.74) is -1.02. The summed E-state index contributed by atoms with van der Waals surface area (Å²) in [4.78, 5) is 23.9. The number of alkyl halides is 2. The number of halogens is 3. The molecule has 27 heavy (non-hydrogen) atoms. The topological polar surface area (TPSA) is 98.7 Å². The Kier molecular flexibility index (Phi) is 6.19. The van der Waals surface area contributed by atoms with Crippen molar-refractivity contribution in [2.45, 2.75) is 25.0 Å². The largest absolute Gasteiger partial charge is 0.381 e. The van der Waals surface area contributed by atoms with E-state index in [1.54, 1.807) is 12.1 Å². The van der Waals surface area contributed by atoms with Crippen LogP contribution in [0, 0.1) is 5.82 Å². The highest BCUT2D eigenvalue weighted by atomic mass is 19.3. The Hall–Kier alpha value is -2.91. The van der Waals surface area contributed by atoms with Gasteiger partial charge in [-0.2, -0.15) is 0 Å². The Balaban J connectivity index is 2.24. The maximum absolute atomic E-state index is 13.8. The lowest BCUT2D eigenvalue weighted by atomic mass is 9.95. The van der Waals surface area contributed by atoms with E-state index in [2.05, 4.69) is 0 Å². The SMILES string of the molecule is CC(O)(C(F)F)[C@H](NC(=O)c1ccc(-c2ccccc2F)cc1)C(=O)NO. The molecule has 0 aliphatic heterocycles. The zero-order valence-corrected chi connectivity index (χ0v) is 14.1. The third-order valence-corrected chi connectivity index (χ3v) is 4.01. The molecule has 9 heteroatoms. The maximum Gasteiger partial charge on any atom is 0.269 e. The highest BCUT2D eigenvalue weighted by Gasteiger charge is 2.46. The van der Waals surface area contributed by atoms with Crippen LogP contribution in [-0.4, -0.2) is 40.2 Å². The second kappa shape index (κ2) is 8.19. The van der Waals surface area contributed by atoms with Gasteiger partial charge in [-0.3, -0.25) is 14.8 Å². The average molecular weight is 382 g/mol. The number of rotatable bonds is 6. The van der Waals surface area contributed by atoms with Crippen molar-refractivity contribution in [2.75, 3.05) is 0 Å². The van der Waals surface area contributed by atoms with Gasteiger partial charge in [0.1, 0.15) is 11.9 Å². The molecule has 0 aliphatic carbocycles. The molecule has 2 amide bonds. The van der Waals surface area contributed by atoms with Crippen molar-refractivity contribution in [3.05, 3.63) is 59.9 Å². The zero-order valence-electron chi connectivity index (χ0n) is 14.1. The Morgan fingerprint density at radius 3 is 2.19 bits per heavy atom. The van der Waals surface area contributed by atoms with Gasteiger partial charge in [0.05, 0.1) is 0 Å². The maximum atomic E-state index is 13.8. The highest BCUT2D eigenvalue weighted by molar-refractivity contribution is 5.98. The van der Waals surface area contributed by atoms with Crippen LogP contribution in [0.4, 0.5) is 13.2 Å². The molecule has 0 fully saturated rings. The van der Waals surface area contributed by atoms with Crippen LogP contribution in [-0.2, 0) is 4.79 Å². The van der Waals surface area contributed by atoms with Crippen LogP contribution in [0.5, 0.6) is 0 Å². The van der Waals surface area contributed by atoms with Gasteiger partial charge in [-0.05, 0) is 30.7 Å². The van der Waals surface area contributed by atoms with Crippen LogP contribution < -0.4 is 10.8 Å². The molecule has 0 spiro atoms.